The van der Waals surface area contributed by atoms with Gasteiger partial charge in [0.25, 0.3) is 0 Å². The number of hydrogen-bond donors (Lipinski definition) is 1. The number of benzene rings is 1. The second-order valence-corrected chi connectivity index (χ2v) is 6.57. The zero-order valence-electron chi connectivity index (χ0n) is 12.4. The van der Waals surface area contributed by atoms with E-state index in [-0.39, 0.29) is 0 Å². The lowest BCUT2D eigenvalue weighted by molar-refractivity contribution is 0.359. The zero-order chi connectivity index (χ0) is 13.5. The van der Waals surface area contributed by atoms with Gasteiger partial charge >= 0.3 is 0 Å². The Kier molecular flexibility index (Phi) is 3.07. The summed E-state index contributed by atoms with van der Waals surface area (Å²) >= 11 is 0. The van der Waals surface area contributed by atoms with E-state index in [2.05, 4.69) is 41.3 Å². The summed E-state index contributed by atoms with van der Waals surface area (Å²) in [5, 5.41) is 4.90. The van der Waals surface area contributed by atoms with Crippen LogP contribution in [0.2, 0.25) is 0 Å². The first-order valence-electron chi connectivity index (χ1n) is 8.14. The predicted octanol–water partition coefficient (Wildman–Crippen LogP) is 3.83. The highest BCUT2D eigenvalue weighted by atomic mass is 15.0. The lowest BCUT2D eigenvalue weighted by Crippen LogP contribution is -2.29. The van der Waals surface area contributed by atoms with Gasteiger partial charge in [-0.05, 0) is 74.8 Å². The molecule has 106 valence electrons. The molecule has 20 heavy (non-hydrogen) atoms. The van der Waals surface area contributed by atoms with Gasteiger partial charge in [-0.3, -0.25) is 0 Å². The van der Waals surface area contributed by atoms with Gasteiger partial charge in [0.1, 0.15) is 0 Å². The van der Waals surface area contributed by atoms with Gasteiger partial charge in [0.05, 0.1) is 5.52 Å². The van der Waals surface area contributed by atoms with Gasteiger partial charge < -0.3 is 9.88 Å². The van der Waals surface area contributed by atoms with Crippen LogP contribution < -0.4 is 5.32 Å². The molecule has 2 aromatic rings. The van der Waals surface area contributed by atoms with Gasteiger partial charge in [0.2, 0.25) is 0 Å². The largest absolute Gasteiger partial charge is 0.347 e. The van der Waals surface area contributed by atoms with Crippen molar-refractivity contribution in [2.24, 2.45) is 0 Å². The first-order chi connectivity index (χ1) is 9.85. The maximum atomic E-state index is 3.44. The zero-order valence-corrected chi connectivity index (χ0v) is 12.4. The summed E-state index contributed by atoms with van der Waals surface area (Å²) in [7, 11) is 2.10. The Bertz CT molecular complexity index is 618. The molecule has 1 N–H and O–H groups in total. The van der Waals surface area contributed by atoms with Crippen molar-refractivity contribution in [2.45, 2.75) is 57.0 Å². The summed E-state index contributed by atoms with van der Waals surface area (Å²) in [6.07, 6.45) is 10.2. The molecule has 0 radical (unpaired) electrons. The van der Waals surface area contributed by atoms with Crippen LogP contribution in [-0.4, -0.2) is 17.7 Å². The highest BCUT2D eigenvalue weighted by Crippen LogP contribution is 2.36. The van der Waals surface area contributed by atoms with Crippen molar-refractivity contribution >= 4 is 10.9 Å². The average molecular weight is 268 g/mol. The van der Waals surface area contributed by atoms with E-state index in [4.69, 9.17) is 0 Å². The number of rotatable bonds is 2. The number of aromatic nitrogens is 1. The molecule has 2 heteroatoms. The summed E-state index contributed by atoms with van der Waals surface area (Å²) < 4.78 is 2.44. The monoisotopic (exact) mass is 268 g/mol. The van der Waals surface area contributed by atoms with Crippen LogP contribution >= 0.6 is 0 Å². The van der Waals surface area contributed by atoms with E-state index >= 15 is 0 Å². The minimum atomic E-state index is 0.745. The Morgan fingerprint density at radius 1 is 1.15 bits per heavy atom. The van der Waals surface area contributed by atoms with Crippen LogP contribution in [0, 0.1) is 0 Å². The minimum absolute atomic E-state index is 0.745. The van der Waals surface area contributed by atoms with E-state index in [1.54, 1.807) is 11.1 Å². The van der Waals surface area contributed by atoms with E-state index in [0.717, 1.165) is 12.0 Å². The van der Waals surface area contributed by atoms with Gasteiger partial charge in [0.15, 0.2) is 0 Å². The molecule has 0 bridgehead atoms. The molecule has 1 aliphatic heterocycles. The van der Waals surface area contributed by atoms with Crippen molar-refractivity contribution in [1.82, 2.24) is 9.88 Å². The molecule has 1 fully saturated rings. The third-order valence-corrected chi connectivity index (χ3v) is 5.41. The normalized spacial score (nSPS) is 26.1. The molecule has 1 aliphatic carbocycles. The molecule has 0 atom stereocenters. The first-order valence-corrected chi connectivity index (χ1v) is 8.14. The van der Waals surface area contributed by atoms with Crippen molar-refractivity contribution in [2.75, 3.05) is 7.05 Å². The fraction of sp³-hybridized carbons (Fsp3) is 0.556. The third kappa shape index (κ3) is 1.98. The lowest BCUT2D eigenvalue weighted by Gasteiger charge is -2.29. The SMILES string of the molecule is CNC1CCC(c2cc3c4c(ccn4CCC3)c2)CC1. The van der Waals surface area contributed by atoms with Crippen LogP contribution in [0.15, 0.2) is 24.4 Å². The van der Waals surface area contributed by atoms with E-state index in [1.807, 2.05) is 0 Å². The van der Waals surface area contributed by atoms with E-state index in [9.17, 15) is 0 Å². The molecule has 1 aromatic heterocycles. The fourth-order valence-electron chi connectivity index (χ4n) is 4.23. The molecule has 0 saturated heterocycles. The van der Waals surface area contributed by atoms with Gasteiger partial charge in [-0.1, -0.05) is 6.07 Å². The molecular weight excluding hydrogens is 244 g/mol. The molecule has 1 saturated carbocycles. The molecule has 1 aromatic carbocycles. The highest BCUT2D eigenvalue weighted by molar-refractivity contribution is 5.85. The standard InChI is InChI=1S/C18H24N2/c1-19-17-6-4-13(5-7-17)16-11-14-3-2-9-20-10-8-15(12-16)18(14)20/h8,10-13,17,19H,2-7,9H2,1H3. The van der Waals surface area contributed by atoms with Crippen LogP contribution in [0.4, 0.5) is 0 Å². The summed E-state index contributed by atoms with van der Waals surface area (Å²) in [6, 6.07) is 8.04. The number of aryl methyl sites for hydroxylation is 2. The van der Waals surface area contributed by atoms with Gasteiger partial charge in [0, 0.05) is 24.2 Å². The Balaban J connectivity index is 1.68. The maximum absolute atomic E-state index is 3.44. The van der Waals surface area contributed by atoms with Gasteiger partial charge in [-0.25, -0.2) is 0 Å². The van der Waals surface area contributed by atoms with Crippen molar-refractivity contribution in [3.05, 3.63) is 35.5 Å². The van der Waals surface area contributed by atoms with Crippen molar-refractivity contribution in [3.63, 3.8) is 0 Å². The molecule has 0 unspecified atom stereocenters. The molecule has 0 spiro atoms. The Morgan fingerprint density at radius 2 is 2.00 bits per heavy atom. The molecule has 0 amide bonds. The second-order valence-electron chi connectivity index (χ2n) is 6.57. The van der Waals surface area contributed by atoms with Crippen LogP contribution in [0.1, 0.15) is 49.1 Å². The fourth-order valence-corrected chi connectivity index (χ4v) is 4.23. The molecular formula is C18H24N2. The maximum Gasteiger partial charge on any atom is 0.0513 e. The lowest BCUT2D eigenvalue weighted by atomic mass is 9.80. The molecule has 2 nitrogen and oxygen atoms in total. The van der Waals surface area contributed by atoms with Crippen LogP contribution in [0.25, 0.3) is 10.9 Å². The summed E-state index contributed by atoms with van der Waals surface area (Å²) in [5.41, 5.74) is 4.69. The van der Waals surface area contributed by atoms with Gasteiger partial charge in [-0.2, -0.15) is 0 Å². The minimum Gasteiger partial charge on any atom is -0.347 e. The number of hydrogen-bond acceptors (Lipinski definition) is 1. The summed E-state index contributed by atoms with van der Waals surface area (Å²) in [4.78, 5) is 0. The first kappa shape index (κ1) is 12.5. The van der Waals surface area contributed by atoms with Crippen molar-refractivity contribution < 1.29 is 0 Å². The van der Waals surface area contributed by atoms with Crippen LogP contribution in [0.3, 0.4) is 0 Å². The number of nitrogens with zero attached hydrogens (tertiary/aromatic N) is 1. The smallest absolute Gasteiger partial charge is 0.0513 e. The topological polar surface area (TPSA) is 17.0 Å². The third-order valence-electron chi connectivity index (χ3n) is 5.41. The summed E-state index contributed by atoms with van der Waals surface area (Å²) in [6.45, 7) is 1.20. The summed E-state index contributed by atoms with van der Waals surface area (Å²) in [5.74, 6) is 0.783. The predicted molar refractivity (Wildman–Crippen MR) is 84.3 cm³/mol. The molecule has 2 heterocycles. The van der Waals surface area contributed by atoms with Crippen molar-refractivity contribution in [1.29, 1.82) is 0 Å². The van der Waals surface area contributed by atoms with Gasteiger partial charge in [-0.15, -0.1) is 0 Å². The van der Waals surface area contributed by atoms with E-state index in [0.29, 0.717) is 0 Å². The van der Waals surface area contributed by atoms with Crippen molar-refractivity contribution in [3.8, 4) is 0 Å². The Morgan fingerprint density at radius 3 is 2.80 bits per heavy atom. The van der Waals surface area contributed by atoms with E-state index in [1.165, 1.54) is 56.0 Å². The quantitative estimate of drug-likeness (QED) is 0.876. The highest BCUT2D eigenvalue weighted by Gasteiger charge is 2.23. The second kappa shape index (κ2) is 4.92. The van der Waals surface area contributed by atoms with Crippen LogP contribution in [0.5, 0.6) is 0 Å². The Labute approximate surface area is 121 Å². The molecule has 2 aliphatic rings. The number of nitrogens with one attached hydrogen (secondary N) is 1. The van der Waals surface area contributed by atoms with E-state index < -0.39 is 0 Å². The van der Waals surface area contributed by atoms with Crippen LogP contribution in [-0.2, 0) is 13.0 Å². The average Bonchev–Trinajstić information content (AvgIpc) is 2.92. The molecule has 4 rings (SSSR count). The Hall–Kier alpha value is -1.28.